The van der Waals surface area contributed by atoms with E-state index in [1.54, 1.807) is 7.11 Å². The van der Waals surface area contributed by atoms with Gasteiger partial charge in [-0.2, -0.15) is 0 Å². The predicted molar refractivity (Wildman–Crippen MR) is 87.9 cm³/mol. The summed E-state index contributed by atoms with van der Waals surface area (Å²) >= 11 is 0. The van der Waals surface area contributed by atoms with Crippen LogP contribution in [0.4, 0.5) is 0 Å². The fourth-order valence-corrected chi connectivity index (χ4v) is 3.05. The van der Waals surface area contributed by atoms with Gasteiger partial charge in [-0.15, -0.1) is 0 Å². The number of hydrogen-bond acceptors (Lipinski definition) is 4. The molecule has 0 aromatic heterocycles. The van der Waals surface area contributed by atoms with E-state index in [0.717, 1.165) is 31.9 Å². The Morgan fingerprint density at radius 1 is 1.29 bits per heavy atom. The van der Waals surface area contributed by atoms with Crippen LogP contribution in [-0.2, 0) is 0 Å². The number of rotatable bonds is 5. The molecule has 1 atom stereocenters. The van der Waals surface area contributed by atoms with Gasteiger partial charge in [0.1, 0.15) is 5.75 Å². The minimum absolute atomic E-state index is 0.233. The number of nitrogens with one attached hydrogen (secondary N) is 1. The first-order valence-electron chi connectivity index (χ1n) is 7.71. The van der Waals surface area contributed by atoms with Gasteiger partial charge >= 0.3 is 0 Å². The molecule has 1 unspecified atom stereocenters. The number of benzene rings is 1. The predicted octanol–water partition coefficient (Wildman–Crippen LogP) is 1.98. The molecule has 0 radical (unpaired) electrons. The molecule has 1 heterocycles. The van der Waals surface area contributed by atoms with E-state index in [-0.39, 0.29) is 5.54 Å². The standard InChI is InChI=1S/C17H29N3O/c1-17(2)13-20(11-10-19(17)4)12-15(18-3)14-8-6-7-9-16(14)21-5/h6-9,15,18H,10-13H2,1-5H3. The Balaban J connectivity index is 2.09. The molecule has 1 aromatic carbocycles. The third-order valence-electron chi connectivity index (χ3n) is 4.70. The summed E-state index contributed by atoms with van der Waals surface area (Å²) in [6.07, 6.45) is 0. The molecular weight excluding hydrogens is 262 g/mol. The van der Waals surface area contributed by atoms with Crippen molar-refractivity contribution in [2.45, 2.75) is 25.4 Å². The van der Waals surface area contributed by atoms with Crippen LogP contribution in [0.3, 0.4) is 0 Å². The van der Waals surface area contributed by atoms with Crippen LogP contribution >= 0.6 is 0 Å². The van der Waals surface area contributed by atoms with Crippen molar-refractivity contribution in [3.63, 3.8) is 0 Å². The highest BCUT2D eigenvalue weighted by molar-refractivity contribution is 5.36. The summed E-state index contributed by atoms with van der Waals surface area (Å²) < 4.78 is 5.51. The quantitative estimate of drug-likeness (QED) is 0.898. The van der Waals surface area contributed by atoms with Crippen LogP contribution in [0.25, 0.3) is 0 Å². The number of ether oxygens (including phenoxy) is 1. The van der Waals surface area contributed by atoms with Crippen LogP contribution in [0.5, 0.6) is 5.75 Å². The van der Waals surface area contributed by atoms with E-state index in [4.69, 9.17) is 4.74 Å². The number of methoxy groups -OCH3 is 1. The van der Waals surface area contributed by atoms with Gasteiger partial charge in [-0.05, 0) is 34.0 Å². The second-order valence-electron chi connectivity index (χ2n) is 6.55. The van der Waals surface area contributed by atoms with Crippen LogP contribution in [0.1, 0.15) is 25.5 Å². The molecule has 0 saturated carbocycles. The highest BCUT2D eigenvalue weighted by Gasteiger charge is 2.32. The largest absolute Gasteiger partial charge is 0.496 e. The molecule has 0 spiro atoms. The SMILES string of the molecule is CNC(CN1CCN(C)C(C)(C)C1)c1ccccc1OC. The summed E-state index contributed by atoms with van der Waals surface area (Å²) in [5, 5.41) is 3.44. The third kappa shape index (κ3) is 3.76. The maximum absolute atomic E-state index is 5.51. The molecule has 1 aliphatic rings. The molecule has 1 saturated heterocycles. The van der Waals surface area contributed by atoms with Crippen LogP contribution in [0.15, 0.2) is 24.3 Å². The molecular formula is C17H29N3O. The first-order valence-corrected chi connectivity index (χ1v) is 7.71. The second-order valence-corrected chi connectivity index (χ2v) is 6.55. The lowest BCUT2D eigenvalue weighted by Gasteiger charge is -2.46. The lowest BCUT2D eigenvalue weighted by Crippen LogP contribution is -2.58. The Morgan fingerprint density at radius 3 is 2.62 bits per heavy atom. The van der Waals surface area contributed by atoms with Crippen LogP contribution in [-0.4, -0.2) is 62.7 Å². The third-order valence-corrected chi connectivity index (χ3v) is 4.70. The van der Waals surface area contributed by atoms with Gasteiger partial charge < -0.3 is 10.1 Å². The van der Waals surface area contributed by atoms with Crippen molar-refractivity contribution in [2.75, 3.05) is 47.4 Å². The molecule has 4 heteroatoms. The summed E-state index contributed by atoms with van der Waals surface area (Å²) in [5.41, 5.74) is 1.47. The second kappa shape index (κ2) is 6.77. The van der Waals surface area contributed by atoms with Gasteiger partial charge in [0.2, 0.25) is 0 Å². The zero-order chi connectivity index (χ0) is 15.5. The minimum atomic E-state index is 0.233. The summed E-state index contributed by atoms with van der Waals surface area (Å²) in [6, 6.07) is 8.58. The van der Waals surface area contributed by atoms with Gasteiger partial charge in [-0.3, -0.25) is 9.80 Å². The topological polar surface area (TPSA) is 27.7 Å². The number of hydrogen-bond donors (Lipinski definition) is 1. The van der Waals surface area contributed by atoms with Gasteiger partial charge in [-0.25, -0.2) is 0 Å². The number of para-hydroxylation sites is 1. The normalized spacial score (nSPS) is 21.2. The molecule has 0 bridgehead atoms. The molecule has 1 aromatic rings. The highest BCUT2D eigenvalue weighted by atomic mass is 16.5. The smallest absolute Gasteiger partial charge is 0.123 e. The van der Waals surface area contributed by atoms with Crippen molar-refractivity contribution in [1.82, 2.24) is 15.1 Å². The van der Waals surface area contributed by atoms with Crippen molar-refractivity contribution in [2.24, 2.45) is 0 Å². The van der Waals surface area contributed by atoms with Crippen molar-refractivity contribution in [1.29, 1.82) is 0 Å². The molecule has 1 aliphatic heterocycles. The van der Waals surface area contributed by atoms with Gasteiger partial charge in [-0.1, -0.05) is 18.2 Å². The van der Waals surface area contributed by atoms with E-state index < -0.39 is 0 Å². The van der Waals surface area contributed by atoms with E-state index in [1.807, 2.05) is 19.2 Å². The summed E-state index contributed by atoms with van der Waals surface area (Å²) in [4.78, 5) is 4.99. The van der Waals surface area contributed by atoms with Crippen molar-refractivity contribution in [3.05, 3.63) is 29.8 Å². The molecule has 21 heavy (non-hydrogen) atoms. The van der Waals surface area contributed by atoms with Gasteiger partial charge in [0.25, 0.3) is 0 Å². The zero-order valence-corrected chi connectivity index (χ0v) is 14.0. The van der Waals surface area contributed by atoms with E-state index in [0.29, 0.717) is 6.04 Å². The maximum atomic E-state index is 5.51. The minimum Gasteiger partial charge on any atom is -0.496 e. The van der Waals surface area contributed by atoms with Gasteiger partial charge in [0.15, 0.2) is 0 Å². The summed E-state index contributed by atoms with van der Waals surface area (Å²) in [7, 11) is 5.98. The van der Waals surface area contributed by atoms with Crippen molar-refractivity contribution >= 4 is 0 Å². The lowest BCUT2D eigenvalue weighted by molar-refractivity contribution is 0.0354. The van der Waals surface area contributed by atoms with Gasteiger partial charge in [0.05, 0.1) is 7.11 Å². The Morgan fingerprint density at radius 2 is 2.00 bits per heavy atom. The Hall–Kier alpha value is -1.10. The van der Waals surface area contributed by atoms with E-state index in [1.165, 1.54) is 5.56 Å². The molecule has 1 fully saturated rings. The Labute approximate surface area is 129 Å². The average molecular weight is 291 g/mol. The summed E-state index contributed by atoms with van der Waals surface area (Å²) in [6.45, 7) is 8.97. The fourth-order valence-electron chi connectivity index (χ4n) is 3.05. The molecule has 4 nitrogen and oxygen atoms in total. The molecule has 0 aliphatic carbocycles. The van der Waals surface area contributed by atoms with Crippen LogP contribution < -0.4 is 10.1 Å². The molecule has 1 N–H and O–H groups in total. The number of likely N-dealkylation sites (N-methyl/N-ethyl adjacent to an activating group) is 2. The first kappa shape index (κ1) is 16.3. The van der Waals surface area contributed by atoms with E-state index in [9.17, 15) is 0 Å². The number of piperazine rings is 1. The average Bonchev–Trinajstić information content (AvgIpc) is 2.48. The van der Waals surface area contributed by atoms with Crippen LogP contribution in [0, 0.1) is 0 Å². The maximum Gasteiger partial charge on any atom is 0.123 e. The number of nitrogens with zero attached hydrogens (tertiary/aromatic N) is 2. The van der Waals surface area contributed by atoms with Gasteiger partial charge in [0, 0.05) is 43.3 Å². The molecule has 0 amide bonds. The first-order chi connectivity index (χ1) is 9.97. The highest BCUT2D eigenvalue weighted by Crippen LogP contribution is 2.27. The fraction of sp³-hybridized carbons (Fsp3) is 0.647. The van der Waals surface area contributed by atoms with Crippen molar-refractivity contribution < 1.29 is 4.74 Å². The lowest BCUT2D eigenvalue weighted by atomic mass is 9.98. The molecule has 2 rings (SSSR count). The van der Waals surface area contributed by atoms with Crippen molar-refractivity contribution in [3.8, 4) is 5.75 Å². The monoisotopic (exact) mass is 291 g/mol. The molecule has 118 valence electrons. The zero-order valence-electron chi connectivity index (χ0n) is 14.0. The Bertz CT molecular complexity index is 461. The summed E-state index contributed by atoms with van der Waals surface area (Å²) in [5.74, 6) is 0.963. The van der Waals surface area contributed by atoms with Crippen LogP contribution in [0.2, 0.25) is 0 Å². The Kier molecular flexibility index (Phi) is 5.25. The van der Waals surface area contributed by atoms with E-state index in [2.05, 4.69) is 48.1 Å². The van der Waals surface area contributed by atoms with E-state index >= 15 is 0 Å².